The Hall–Kier alpha value is -2.99. The minimum atomic E-state index is -0.343. The van der Waals surface area contributed by atoms with Crippen molar-refractivity contribution in [2.24, 2.45) is 0 Å². The number of nitrogens with zero attached hydrogens (tertiary/aromatic N) is 1. The second-order valence-electron chi connectivity index (χ2n) is 9.31. The number of hydrogen-bond donors (Lipinski definition) is 0. The monoisotopic (exact) mass is 487 g/mol. The van der Waals surface area contributed by atoms with Crippen LogP contribution < -0.4 is 0 Å². The van der Waals surface area contributed by atoms with E-state index in [0.29, 0.717) is 39.4 Å². The predicted molar refractivity (Wildman–Crippen MR) is 141 cm³/mol. The number of ether oxygens (including phenoxy) is 3. The first-order valence-electron chi connectivity index (χ1n) is 13.0. The zero-order valence-electron chi connectivity index (χ0n) is 21.1. The minimum Gasteiger partial charge on any atom is -0.375 e. The smallest absolute Gasteiger partial charge is 0.225 e. The van der Waals surface area contributed by atoms with Crippen molar-refractivity contribution in [3.05, 3.63) is 108 Å². The van der Waals surface area contributed by atoms with E-state index in [1.807, 2.05) is 71.6 Å². The highest BCUT2D eigenvalue weighted by Crippen LogP contribution is 2.28. The number of benzene rings is 3. The second kappa shape index (κ2) is 13.9. The van der Waals surface area contributed by atoms with Gasteiger partial charge >= 0.3 is 0 Å². The summed E-state index contributed by atoms with van der Waals surface area (Å²) in [6.45, 7) is 4.64. The lowest BCUT2D eigenvalue weighted by Gasteiger charge is -2.44. The van der Waals surface area contributed by atoms with Crippen molar-refractivity contribution >= 4 is 5.91 Å². The van der Waals surface area contributed by atoms with Crippen LogP contribution in [-0.2, 0) is 38.8 Å². The van der Waals surface area contributed by atoms with Crippen LogP contribution in [0.25, 0.3) is 0 Å². The average molecular weight is 488 g/mol. The number of rotatable bonds is 13. The molecule has 0 aromatic heterocycles. The van der Waals surface area contributed by atoms with Gasteiger partial charge in [-0.15, -0.1) is 0 Å². The van der Waals surface area contributed by atoms with Crippen molar-refractivity contribution < 1.29 is 19.0 Å². The van der Waals surface area contributed by atoms with E-state index in [0.717, 1.165) is 29.5 Å². The Labute approximate surface area is 215 Å². The van der Waals surface area contributed by atoms with Crippen molar-refractivity contribution in [2.75, 3.05) is 13.2 Å². The molecule has 1 saturated heterocycles. The van der Waals surface area contributed by atoms with Gasteiger partial charge in [0, 0.05) is 6.54 Å². The van der Waals surface area contributed by atoms with Gasteiger partial charge in [-0.3, -0.25) is 4.79 Å². The fraction of sp³-hybridized carbons (Fsp3) is 0.387. The van der Waals surface area contributed by atoms with Crippen molar-refractivity contribution in [1.29, 1.82) is 0 Å². The standard InChI is InChI=1S/C31H37NO4/c1-2-3-19-32-28(24-34-21-25-13-7-4-8-14-25)31(36-23-27-17-11-6-12-18-27)29(20-30(32)33)35-22-26-15-9-5-10-16-26/h4-18,28-29,31H,2-3,19-24H2,1H3. The highest BCUT2D eigenvalue weighted by atomic mass is 16.5. The quantitative estimate of drug-likeness (QED) is 0.307. The number of piperidine rings is 1. The lowest BCUT2D eigenvalue weighted by Crippen LogP contribution is -2.60. The summed E-state index contributed by atoms with van der Waals surface area (Å²) < 4.78 is 19.1. The van der Waals surface area contributed by atoms with Crippen molar-refractivity contribution in [2.45, 2.75) is 64.3 Å². The largest absolute Gasteiger partial charge is 0.375 e. The maximum Gasteiger partial charge on any atom is 0.225 e. The van der Waals surface area contributed by atoms with Gasteiger partial charge < -0.3 is 19.1 Å². The van der Waals surface area contributed by atoms with Gasteiger partial charge in [0.2, 0.25) is 5.91 Å². The van der Waals surface area contributed by atoms with Gasteiger partial charge in [-0.05, 0) is 23.1 Å². The first-order valence-corrected chi connectivity index (χ1v) is 13.0. The van der Waals surface area contributed by atoms with E-state index in [-0.39, 0.29) is 24.2 Å². The molecule has 3 aromatic rings. The van der Waals surface area contributed by atoms with Crippen LogP contribution in [-0.4, -0.2) is 42.2 Å². The van der Waals surface area contributed by atoms with Crippen molar-refractivity contribution in [1.82, 2.24) is 4.90 Å². The summed E-state index contributed by atoms with van der Waals surface area (Å²) in [5.74, 6) is 0.106. The molecule has 4 rings (SSSR count). The van der Waals surface area contributed by atoms with Gasteiger partial charge in [-0.2, -0.15) is 0 Å². The first kappa shape index (κ1) is 26.1. The molecule has 1 fully saturated rings. The molecule has 190 valence electrons. The molecule has 1 heterocycles. The van der Waals surface area contributed by atoms with Gasteiger partial charge in [0.15, 0.2) is 0 Å². The molecule has 36 heavy (non-hydrogen) atoms. The molecule has 1 aliphatic rings. The molecule has 0 spiro atoms. The maximum absolute atomic E-state index is 13.3. The van der Waals surface area contributed by atoms with Crippen LogP contribution in [0.15, 0.2) is 91.0 Å². The van der Waals surface area contributed by atoms with E-state index in [1.165, 1.54) is 0 Å². The number of likely N-dealkylation sites (tertiary alicyclic amines) is 1. The summed E-state index contributed by atoms with van der Waals surface area (Å²) >= 11 is 0. The number of hydrogen-bond acceptors (Lipinski definition) is 4. The van der Waals surface area contributed by atoms with Crippen LogP contribution in [0.5, 0.6) is 0 Å². The molecular formula is C31H37NO4. The second-order valence-corrected chi connectivity index (χ2v) is 9.31. The van der Waals surface area contributed by atoms with Crippen molar-refractivity contribution in [3.63, 3.8) is 0 Å². The lowest BCUT2D eigenvalue weighted by molar-refractivity contribution is -0.177. The Morgan fingerprint density at radius 1 is 0.750 bits per heavy atom. The predicted octanol–water partition coefficient (Wildman–Crippen LogP) is 5.78. The maximum atomic E-state index is 13.3. The molecule has 0 saturated carbocycles. The molecule has 5 heteroatoms. The third kappa shape index (κ3) is 7.50. The first-order chi connectivity index (χ1) is 17.7. The molecular weight excluding hydrogens is 450 g/mol. The molecule has 3 atom stereocenters. The Kier molecular flexibility index (Phi) is 10.1. The third-order valence-electron chi connectivity index (χ3n) is 6.59. The summed E-state index contributed by atoms with van der Waals surface area (Å²) in [5, 5.41) is 0. The van der Waals surface area contributed by atoms with Crippen LogP contribution in [0, 0.1) is 0 Å². The summed E-state index contributed by atoms with van der Waals surface area (Å²) in [4.78, 5) is 15.3. The Balaban J connectivity index is 1.52. The minimum absolute atomic E-state index is 0.106. The van der Waals surface area contributed by atoms with Crippen LogP contribution >= 0.6 is 0 Å². The van der Waals surface area contributed by atoms with Gasteiger partial charge in [0.1, 0.15) is 6.10 Å². The fourth-order valence-electron chi connectivity index (χ4n) is 4.61. The molecule has 5 nitrogen and oxygen atoms in total. The van der Waals surface area contributed by atoms with E-state index < -0.39 is 0 Å². The Morgan fingerprint density at radius 2 is 1.28 bits per heavy atom. The fourth-order valence-corrected chi connectivity index (χ4v) is 4.61. The summed E-state index contributed by atoms with van der Waals surface area (Å²) in [5.41, 5.74) is 3.29. The van der Waals surface area contributed by atoms with Crippen LogP contribution in [0.3, 0.4) is 0 Å². The van der Waals surface area contributed by atoms with Gasteiger partial charge in [0.05, 0.1) is 45.0 Å². The van der Waals surface area contributed by atoms with Crippen LogP contribution in [0.4, 0.5) is 0 Å². The van der Waals surface area contributed by atoms with Crippen LogP contribution in [0.1, 0.15) is 42.9 Å². The number of carbonyl (C=O) groups is 1. The van der Waals surface area contributed by atoms with Gasteiger partial charge in [-0.1, -0.05) is 104 Å². The normalized spacial score (nSPS) is 20.0. The summed E-state index contributed by atoms with van der Waals surface area (Å²) in [6, 6.07) is 30.1. The Morgan fingerprint density at radius 3 is 1.83 bits per heavy atom. The van der Waals surface area contributed by atoms with E-state index in [4.69, 9.17) is 14.2 Å². The molecule has 3 aromatic carbocycles. The molecule has 0 aliphatic carbocycles. The van der Waals surface area contributed by atoms with E-state index in [1.54, 1.807) is 0 Å². The van der Waals surface area contributed by atoms with Gasteiger partial charge in [-0.25, -0.2) is 0 Å². The third-order valence-corrected chi connectivity index (χ3v) is 6.59. The lowest BCUT2D eigenvalue weighted by atomic mass is 9.94. The van der Waals surface area contributed by atoms with E-state index >= 15 is 0 Å². The molecule has 0 radical (unpaired) electrons. The number of amides is 1. The molecule has 3 unspecified atom stereocenters. The van der Waals surface area contributed by atoms with Crippen LogP contribution in [0.2, 0.25) is 0 Å². The van der Waals surface area contributed by atoms with Gasteiger partial charge in [0.25, 0.3) is 0 Å². The van der Waals surface area contributed by atoms with Crippen molar-refractivity contribution in [3.8, 4) is 0 Å². The molecule has 1 amide bonds. The summed E-state index contributed by atoms with van der Waals surface area (Å²) in [6.07, 6.45) is 1.64. The van der Waals surface area contributed by atoms with E-state index in [9.17, 15) is 4.79 Å². The number of unbranched alkanes of at least 4 members (excludes halogenated alkanes) is 1. The average Bonchev–Trinajstić information content (AvgIpc) is 2.92. The SMILES string of the molecule is CCCCN1C(=O)CC(OCc2ccccc2)C(OCc2ccccc2)C1COCc1ccccc1. The molecule has 1 aliphatic heterocycles. The highest BCUT2D eigenvalue weighted by molar-refractivity contribution is 5.78. The topological polar surface area (TPSA) is 48.0 Å². The van der Waals surface area contributed by atoms with E-state index in [2.05, 4.69) is 31.2 Å². The highest BCUT2D eigenvalue weighted by Gasteiger charge is 2.43. The zero-order chi connectivity index (χ0) is 25.0. The molecule has 0 N–H and O–H groups in total. The Bertz CT molecular complexity index is 1030. The summed E-state index contributed by atoms with van der Waals surface area (Å²) in [7, 11) is 0. The number of carbonyl (C=O) groups excluding carboxylic acids is 1. The zero-order valence-corrected chi connectivity index (χ0v) is 21.1. The molecule has 0 bridgehead atoms.